The van der Waals surface area contributed by atoms with E-state index in [-0.39, 0.29) is 19.2 Å². The number of rotatable bonds is 5. The largest absolute Gasteiger partial charge is 0.481 e. The molecule has 0 aromatic heterocycles. The molecule has 0 aliphatic carbocycles. The summed E-state index contributed by atoms with van der Waals surface area (Å²) >= 11 is 0. The number of urea groups is 1. The number of hydrogen-bond acceptors (Lipinski definition) is 3. The van der Waals surface area contributed by atoms with E-state index in [0.29, 0.717) is 19.4 Å². The maximum Gasteiger partial charge on any atom is 0.315 e. The molecule has 3 N–H and O–H groups in total. The van der Waals surface area contributed by atoms with Gasteiger partial charge in [0.15, 0.2) is 0 Å². The van der Waals surface area contributed by atoms with E-state index < -0.39 is 17.9 Å². The summed E-state index contributed by atoms with van der Waals surface area (Å²) in [4.78, 5) is 22.2. The third kappa shape index (κ3) is 4.33. The molecule has 6 nitrogen and oxygen atoms in total. The Morgan fingerprint density at radius 1 is 1.47 bits per heavy atom. The van der Waals surface area contributed by atoms with Gasteiger partial charge in [-0.25, -0.2) is 4.79 Å². The average Bonchev–Trinajstić information content (AvgIpc) is 2.72. The van der Waals surface area contributed by atoms with Gasteiger partial charge in [0.2, 0.25) is 0 Å². The molecular formula is C11H16N2O4. The molecule has 1 fully saturated rings. The number of amides is 2. The smallest absolute Gasteiger partial charge is 0.315 e. The van der Waals surface area contributed by atoms with Crippen molar-refractivity contribution in [1.29, 1.82) is 0 Å². The number of aliphatic carboxylic acids is 1. The Labute approximate surface area is 99.7 Å². The molecule has 2 amide bonds. The van der Waals surface area contributed by atoms with Crippen molar-refractivity contribution in [3.8, 4) is 12.3 Å². The van der Waals surface area contributed by atoms with Gasteiger partial charge < -0.3 is 20.5 Å². The number of hydrogen-bond donors (Lipinski definition) is 3. The van der Waals surface area contributed by atoms with Crippen LogP contribution >= 0.6 is 0 Å². The Morgan fingerprint density at radius 2 is 2.24 bits per heavy atom. The van der Waals surface area contributed by atoms with Gasteiger partial charge in [0, 0.05) is 13.0 Å². The second-order valence-corrected chi connectivity index (χ2v) is 3.80. The van der Waals surface area contributed by atoms with Gasteiger partial charge in [-0.3, -0.25) is 4.79 Å². The number of carbonyl (C=O) groups excluding carboxylic acids is 1. The van der Waals surface area contributed by atoms with Crippen LogP contribution in [0.5, 0.6) is 0 Å². The summed E-state index contributed by atoms with van der Waals surface area (Å²) in [5, 5.41) is 14.1. The molecule has 1 heterocycles. The van der Waals surface area contributed by atoms with Crippen molar-refractivity contribution in [2.24, 2.45) is 5.92 Å². The third-order valence-corrected chi connectivity index (χ3v) is 2.50. The molecule has 0 bridgehead atoms. The first kappa shape index (κ1) is 13.3. The summed E-state index contributed by atoms with van der Waals surface area (Å²) in [7, 11) is 0. The standard InChI is InChI=1S/C11H16N2O4/c1-2-3-4-5-12-11(16)13-9-7-17-6-8(9)10(14)15/h1,8-9H,3-7H2,(H,14,15)(H2,12,13,16). The van der Waals surface area contributed by atoms with E-state index in [9.17, 15) is 9.59 Å². The predicted molar refractivity (Wildman–Crippen MR) is 60.3 cm³/mol. The van der Waals surface area contributed by atoms with Crippen LogP contribution in [-0.4, -0.2) is 42.9 Å². The normalized spacial score (nSPS) is 22.8. The third-order valence-electron chi connectivity index (χ3n) is 2.50. The number of carboxylic acids is 1. The SMILES string of the molecule is C#CCCCNC(=O)NC1COCC1C(=O)O. The monoisotopic (exact) mass is 240 g/mol. The van der Waals surface area contributed by atoms with Crippen molar-refractivity contribution in [2.75, 3.05) is 19.8 Å². The highest BCUT2D eigenvalue weighted by Gasteiger charge is 2.34. The van der Waals surface area contributed by atoms with Crippen LogP contribution in [0.25, 0.3) is 0 Å². The molecule has 0 saturated carbocycles. The Balaban J connectivity index is 2.26. The topological polar surface area (TPSA) is 87.7 Å². The summed E-state index contributed by atoms with van der Waals surface area (Å²) in [5.74, 6) is 0.834. The maximum atomic E-state index is 11.4. The van der Waals surface area contributed by atoms with Crippen LogP contribution in [0, 0.1) is 18.3 Å². The molecule has 1 saturated heterocycles. The van der Waals surface area contributed by atoms with Crippen LogP contribution in [0.4, 0.5) is 4.79 Å². The Morgan fingerprint density at radius 3 is 2.88 bits per heavy atom. The predicted octanol–water partition coefficient (Wildman–Crippen LogP) is -0.201. The molecule has 6 heteroatoms. The van der Waals surface area contributed by atoms with Gasteiger partial charge in [-0.05, 0) is 6.42 Å². The molecule has 0 aromatic carbocycles. The van der Waals surface area contributed by atoms with E-state index in [1.54, 1.807) is 0 Å². The molecular weight excluding hydrogens is 224 g/mol. The zero-order valence-corrected chi connectivity index (χ0v) is 9.44. The van der Waals surface area contributed by atoms with Crippen LogP contribution in [0.3, 0.4) is 0 Å². The molecule has 94 valence electrons. The Bertz CT molecular complexity index is 324. The van der Waals surface area contributed by atoms with Gasteiger partial charge in [0.05, 0.1) is 19.3 Å². The molecule has 2 unspecified atom stereocenters. The van der Waals surface area contributed by atoms with Crippen molar-refractivity contribution in [3.63, 3.8) is 0 Å². The number of nitrogens with one attached hydrogen (secondary N) is 2. The minimum Gasteiger partial charge on any atom is -0.481 e. The summed E-state index contributed by atoms with van der Waals surface area (Å²) < 4.78 is 5.03. The summed E-state index contributed by atoms with van der Waals surface area (Å²) in [6.07, 6.45) is 6.37. The van der Waals surface area contributed by atoms with Crippen LogP contribution in [0.2, 0.25) is 0 Å². The first-order chi connectivity index (χ1) is 8.15. The van der Waals surface area contributed by atoms with Gasteiger partial charge >= 0.3 is 12.0 Å². The zero-order valence-electron chi connectivity index (χ0n) is 9.44. The van der Waals surface area contributed by atoms with Crippen LogP contribution in [0.1, 0.15) is 12.8 Å². The molecule has 1 rings (SSSR count). The number of unbranched alkanes of at least 4 members (excludes halogenated alkanes) is 1. The first-order valence-corrected chi connectivity index (χ1v) is 5.43. The molecule has 1 aliphatic heterocycles. The lowest BCUT2D eigenvalue weighted by Crippen LogP contribution is -2.47. The second kappa shape index (κ2) is 6.76. The van der Waals surface area contributed by atoms with Crippen molar-refractivity contribution < 1.29 is 19.4 Å². The van der Waals surface area contributed by atoms with Gasteiger partial charge in [-0.15, -0.1) is 12.3 Å². The second-order valence-electron chi connectivity index (χ2n) is 3.80. The van der Waals surface area contributed by atoms with E-state index in [0.717, 1.165) is 0 Å². The highest BCUT2D eigenvalue weighted by Crippen LogP contribution is 2.13. The van der Waals surface area contributed by atoms with Crippen molar-refractivity contribution >= 4 is 12.0 Å². The quantitative estimate of drug-likeness (QED) is 0.458. The number of ether oxygens (including phenoxy) is 1. The maximum absolute atomic E-state index is 11.4. The minimum atomic E-state index is -0.958. The molecule has 17 heavy (non-hydrogen) atoms. The molecule has 2 atom stereocenters. The minimum absolute atomic E-state index is 0.136. The van der Waals surface area contributed by atoms with E-state index in [1.807, 2.05) is 0 Å². The van der Waals surface area contributed by atoms with Crippen LogP contribution in [0.15, 0.2) is 0 Å². The van der Waals surface area contributed by atoms with Gasteiger partial charge in [0.25, 0.3) is 0 Å². The Hall–Kier alpha value is -1.74. The summed E-state index contributed by atoms with van der Waals surface area (Å²) in [6, 6.07) is -0.857. The van der Waals surface area contributed by atoms with Crippen LogP contribution in [-0.2, 0) is 9.53 Å². The van der Waals surface area contributed by atoms with E-state index in [4.69, 9.17) is 16.3 Å². The van der Waals surface area contributed by atoms with Crippen molar-refractivity contribution in [1.82, 2.24) is 10.6 Å². The fourth-order valence-electron chi connectivity index (χ4n) is 1.55. The average molecular weight is 240 g/mol. The van der Waals surface area contributed by atoms with Gasteiger partial charge in [-0.2, -0.15) is 0 Å². The highest BCUT2D eigenvalue weighted by atomic mass is 16.5. The zero-order chi connectivity index (χ0) is 12.7. The fourth-order valence-corrected chi connectivity index (χ4v) is 1.55. The number of terminal acetylenes is 1. The number of carbonyl (C=O) groups is 2. The van der Waals surface area contributed by atoms with Crippen LogP contribution < -0.4 is 10.6 Å². The van der Waals surface area contributed by atoms with E-state index in [1.165, 1.54) is 0 Å². The number of carboxylic acid groups (broad SMARTS) is 1. The van der Waals surface area contributed by atoms with E-state index in [2.05, 4.69) is 16.6 Å². The summed E-state index contributed by atoms with van der Waals surface area (Å²) in [6.45, 7) is 0.841. The molecule has 0 radical (unpaired) electrons. The lowest BCUT2D eigenvalue weighted by molar-refractivity contribution is -0.142. The van der Waals surface area contributed by atoms with E-state index >= 15 is 0 Å². The van der Waals surface area contributed by atoms with Crippen molar-refractivity contribution in [3.05, 3.63) is 0 Å². The lowest BCUT2D eigenvalue weighted by Gasteiger charge is -2.15. The fraction of sp³-hybridized carbons (Fsp3) is 0.636. The lowest BCUT2D eigenvalue weighted by atomic mass is 10.0. The molecule has 1 aliphatic rings. The molecule has 0 aromatic rings. The Kier molecular flexibility index (Phi) is 5.30. The van der Waals surface area contributed by atoms with Gasteiger partial charge in [-0.1, -0.05) is 0 Å². The highest BCUT2D eigenvalue weighted by molar-refractivity contribution is 5.77. The molecule has 0 spiro atoms. The van der Waals surface area contributed by atoms with Gasteiger partial charge in [0.1, 0.15) is 5.92 Å². The first-order valence-electron chi connectivity index (χ1n) is 5.43. The summed E-state index contributed by atoms with van der Waals surface area (Å²) in [5.41, 5.74) is 0. The van der Waals surface area contributed by atoms with Crippen molar-refractivity contribution in [2.45, 2.75) is 18.9 Å².